The Morgan fingerprint density at radius 3 is 3.00 bits per heavy atom. The van der Waals surface area contributed by atoms with E-state index >= 15 is 0 Å². The molecule has 3 atom stereocenters. The van der Waals surface area contributed by atoms with Gasteiger partial charge >= 0.3 is 0 Å². The van der Waals surface area contributed by atoms with Gasteiger partial charge in [0.05, 0.1) is 12.8 Å². The van der Waals surface area contributed by atoms with Gasteiger partial charge in [-0.3, -0.25) is 5.32 Å². The molecule has 0 bridgehead atoms. The van der Waals surface area contributed by atoms with Gasteiger partial charge in [-0.25, -0.2) is 0 Å². The molecule has 1 N–H and O–H groups in total. The van der Waals surface area contributed by atoms with E-state index in [0.29, 0.717) is 6.10 Å². The molecule has 1 saturated heterocycles. The monoisotopic (exact) mass is 155 g/mol. The first-order valence-corrected chi connectivity index (χ1v) is 4.60. The third kappa shape index (κ3) is 1.00. The molecule has 1 saturated carbocycles. The molecule has 0 aromatic carbocycles. The summed E-state index contributed by atoms with van der Waals surface area (Å²) in [5.41, 5.74) is 0.276. The van der Waals surface area contributed by atoms with Gasteiger partial charge in [-0.1, -0.05) is 13.3 Å². The van der Waals surface area contributed by atoms with Crippen molar-refractivity contribution < 1.29 is 4.74 Å². The largest absolute Gasteiger partial charge is 0.361 e. The van der Waals surface area contributed by atoms with E-state index in [9.17, 15) is 0 Å². The molecule has 1 aliphatic carbocycles. The summed E-state index contributed by atoms with van der Waals surface area (Å²) in [5.74, 6) is 0.767. The fourth-order valence-electron chi connectivity index (χ4n) is 2.37. The maximum absolute atomic E-state index is 5.62. The molecule has 1 aliphatic heterocycles. The number of hydrogen-bond acceptors (Lipinski definition) is 2. The lowest BCUT2D eigenvalue weighted by atomic mass is 9.73. The zero-order valence-electron chi connectivity index (χ0n) is 7.39. The van der Waals surface area contributed by atoms with Crippen molar-refractivity contribution in [1.82, 2.24) is 5.32 Å². The highest BCUT2D eigenvalue weighted by molar-refractivity contribution is 5.01. The second-order valence-corrected chi connectivity index (χ2v) is 4.09. The van der Waals surface area contributed by atoms with Gasteiger partial charge in [-0.15, -0.1) is 0 Å². The van der Waals surface area contributed by atoms with Crippen molar-refractivity contribution in [3.63, 3.8) is 0 Å². The van der Waals surface area contributed by atoms with Crippen LogP contribution in [0.5, 0.6) is 0 Å². The average Bonchev–Trinajstić information content (AvgIpc) is 2.34. The van der Waals surface area contributed by atoms with E-state index in [-0.39, 0.29) is 5.54 Å². The van der Waals surface area contributed by atoms with Crippen molar-refractivity contribution in [3.8, 4) is 0 Å². The highest BCUT2D eigenvalue weighted by atomic mass is 16.5. The smallest absolute Gasteiger partial charge is 0.0975 e. The molecule has 64 valence electrons. The molecule has 2 rings (SSSR count). The standard InChI is InChI=1S/C9H17NO/c1-7-4-3-5-8-9(7,2)10-6-11-8/h7-8,10H,3-6H2,1-2H3. The normalized spacial score (nSPS) is 50.7. The molecular weight excluding hydrogens is 138 g/mol. The Morgan fingerprint density at radius 2 is 2.27 bits per heavy atom. The molecule has 2 nitrogen and oxygen atoms in total. The van der Waals surface area contributed by atoms with Gasteiger partial charge in [0.25, 0.3) is 0 Å². The number of fused-ring (bicyclic) bond motifs is 1. The van der Waals surface area contributed by atoms with Crippen molar-refractivity contribution in [2.75, 3.05) is 6.73 Å². The first-order chi connectivity index (χ1) is 5.23. The summed E-state index contributed by atoms with van der Waals surface area (Å²) in [4.78, 5) is 0. The van der Waals surface area contributed by atoms with Crippen LogP contribution in [0.2, 0.25) is 0 Å². The minimum Gasteiger partial charge on any atom is -0.361 e. The minimum absolute atomic E-state index is 0.276. The van der Waals surface area contributed by atoms with Gasteiger partial charge in [-0.05, 0) is 25.7 Å². The lowest BCUT2D eigenvalue weighted by Gasteiger charge is -2.40. The van der Waals surface area contributed by atoms with Crippen molar-refractivity contribution in [2.24, 2.45) is 5.92 Å². The van der Waals surface area contributed by atoms with Crippen LogP contribution in [-0.4, -0.2) is 18.4 Å². The molecule has 0 aromatic heterocycles. The summed E-state index contributed by atoms with van der Waals surface area (Å²) in [6, 6.07) is 0. The van der Waals surface area contributed by atoms with Gasteiger partial charge in [-0.2, -0.15) is 0 Å². The zero-order valence-corrected chi connectivity index (χ0v) is 7.39. The Morgan fingerprint density at radius 1 is 1.45 bits per heavy atom. The Hall–Kier alpha value is -0.0800. The van der Waals surface area contributed by atoms with Crippen LogP contribution in [0.1, 0.15) is 33.1 Å². The first kappa shape index (κ1) is 7.56. The zero-order chi connectivity index (χ0) is 7.90. The van der Waals surface area contributed by atoms with E-state index in [1.165, 1.54) is 19.3 Å². The van der Waals surface area contributed by atoms with Gasteiger partial charge in [0.2, 0.25) is 0 Å². The minimum atomic E-state index is 0.276. The van der Waals surface area contributed by atoms with Gasteiger partial charge in [0, 0.05) is 5.54 Å². The first-order valence-electron chi connectivity index (χ1n) is 4.60. The van der Waals surface area contributed by atoms with Crippen molar-refractivity contribution in [3.05, 3.63) is 0 Å². The summed E-state index contributed by atoms with van der Waals surface area (Å²) in [5, 5.41) is 3.46. The topological polar surface area (TPSA) is 21.3 Å². The highest BCUT2D eigenvalue weighted by Crippen LogP contribution is 2.37. The van der Waals surface area contributed by atoms with Crippen LogP contribution in [0.25, 0.3) is 0 Å². The Kier molecular flexibility index (Phi) is 1.69. The third-order valence-corrected chi connectivity index (χ3v) is 3.53. The van der Waals surface area contributed by atoms with E-state index in [2.05, 4.69) is 19.2 Å². The Bertz CT molecular complexity index is 160. The molecule has 2 fully saturated rings. The molecule has 11 heavy (non-hydrogen) atoms. The van der Waals surface area contributed by atoms with Crippen LogP contribution in [0.4, 0.5) is 0 Å². The Labute approximate surface area is 68.3 Å². The number of rotatable bonds is 0. The summed E-state index contributed by atoms with van der Waals surface area (Å²) >= 11 is 0. The second kappa shape index (κ2) is 2.46. The molecule has 2 aliphatic rings. The Balaban J connectivity index is 2.17. The van der Waals surface area contributed by atoms with Crippen LogP contribution < -0.4 is 5.32 Å². The molecule has 3 unspecified atom stereocenters. The molecule has 0 spiro atoms. The third-order valence-electron chi connectivity index (χ3n) is 3.53. The van der Waals surface area contributed by atoms with Crippen LogP contribution in [0, 0.1) is 5.92 Å². The van der Waals surface area contributed by atoms with E-state index in [1.54, 1.807) is 0 Å². The predicted octanol–water partition coefficient (Wildman–Crippen LogP) is 1.51. The lowest BCUT2D eigenvalue weighted by Crippen LogP contribution is -2.52. The second-order valence-electron chi connectivity index (χ2n) is 4.09. The summed E-state index contributed by atoms with van der Waals surface area (Å²) in [6.45, 7) is 5.38. The number of nitrogens with one attached hydrogen (secondary N) is 1. The lowest BCUT2D eigenvalue weighted by molar-refractivity contribution is 0.0363. The fourth-order valence-corrected chi connectivity index (χ4v) is 2.37. The average molecular weight is 155 g/mol. The van der Waals surface area contributed by atoms with Crippen molar-refractivity contribution >= 4 is 0 Å². The van der Waals surface area contributed by atoms with Crippen LogP contribution in [0.3, 0.4) is 0 Å². The summed E-state index contributed by atoms with van der Waals surface area (Å²) in [7, 11) is 0. The molecule has 0 radical (unpaired) electrons. The van der Waals surface area contributed by atoms with Gasteiger partial charge < -0.3 is 4.74 Å². The molecule has 1 heterocycles. The van der Waals surface area contributed by atoms with Crippen LogP contribution in [0.15, 0.2) is 0 Å². The maximum atomic E-state index is 5.62. The maximum Gasteiger partial charge on any atom is 0.0975 e. The van der Waals surface area contributed by atoms with Crippen LogP contribution in [-0.2, 0) is 4.74 Å². The number of ether oxygens (including phenoxy) is 1. The molecular formula is C9H17NO. The summed E-state index contributed by atoms with van der Waals surface area (Å²) < 4.78 is 5.62. The fraction of sp³-hybridized carbons (Fsp3) is 1.00. The number of hydrogen-bond donors (Lipinski definition) is 1. The van der Waals surface area contributed by atoms with Gasteiger partial charge in [0.1, 0.15) is 0 Å². The quantitative estimate of drug-likeness (QED) is 0.572. The van der Waals surface area contributed by atoms with Crippen molar-refractivity contribution in [2.45, 2.75) is 44.8 Å². The molecule has 2 heteroatoms. The summed E-state index contributed by atoms with van der Waals surface area (Å²) in [6.07, 6.45) is 4.41. The van der Waals surface area contributed by atoms with Crippen LogP contribution >= 0.6 is 0 Å². The molecule has 0 aromatic rings. The predicted molar refractivity (Wildman–Crippen MR) is 44.3 cm³/mol. The van der Waals surface area contributed by atoms with E-state index < -0.39 is 0 Å². The highest BCUT2D eigenvalue weighted by Gasteiger charge is 2.45. The van der Waals surface area contributed by atoms with E-state index in [1.807, 2.05) is 0 Å². The SMILES string of the molecule is CC1CCCC2OCNC12C. The van der Waals surface area contributed by atoms with Gasteiger partial charge in [0.15, 0.2) is 0 Å². The van der Waals surface area contributed by atoms with Crippen molar-refractivity contribution in [1.29, 1.82) is 0 Å². The molecule has 0 amide bonds. The van der Waals surface area contributed by atoms with E-state index in [4.69, 9.17) is 4.74 Å². The van der Waals surface area contributed by atoms with E-state index in [0.717, 1.165) is 12.6 Å².